The second kappa shape index (κ2) is 9.03. The summed E-state index contributed by atoms with van der Waals surface area (Å²) in [5.74, 6) is 0.393. The number of fused-ring (bicyclic) bond motifs is 1. The van der Waals surface area contributed by atoms with Crippen LogP contribution in [0.5, 0.6) is 5.75 Å². The summed E-state index contributed by atoms with van der Waals surface area (Å²) >= 11 is 0. The molecule has 2 aromatic heterocycles. The minimum Gasteiger partial charge on any atom is -0.497 e. The van der Waals surface area contributed by atoms with Crippen LogP contribution in [-0.4, -0.2) is 32.3 Å². The van der Waals surface area contributed by atoms with Crippen LogP contribution in [-0.2, 0) is 11.3 Å². The van der Waals surface area contributed by atoms with E-state index in [9.17, 15) is 9.59 Å². The fourth-order valence-electron chi connectivity index (χ4n) is 3.78. The number of amides is 1. The molecule has 34 heavy (non-hydrogen) atoms. The molecule has 0 aliphatic rings. The lowest BCUT2D eigenvalue weighted by Crippen LogP contribution is -2.28. The van der Waals surface area contributed by atoms with Crippen molar-refractivity contribution in [1.82, 2.24) is 19.3 Å². The van der Waals surface area contributed by atoms with Gasteiger partial charge in [0.25, 0.3) is 5.56 Å². The van der Waals surface area contributed by atoms with Crippen LogP contribution in [0.2, 0.25) is 0 Å². The van der Waals surface area contributed by atoms with Crippen LogP contribution >= 0.6 is 0 Å². The summed E-state index contributed by atoms with van der Waals surface area (Å²) in [7, 11) is 1.60. The molecule has 0 unspecified atom stereocenters. The molecule has 0 bridgehead atoms. The third kappa shape index (κ3) is 4.04. The first-order valence-electron chi connectivity index (χ1n) is 10.7. The number of nitrogens with zero attached hydrogens (tertiary/aromatic N) is 4. The zero-order chi connectivity index (χ0) is 23.5. The van der Waals surface area contributed by atoms with Gasteiger partial charge in [0.2, 0.25) is 5.91 Å². The topological polar surface area (TPSA) is 91.0 Å². The van der Waals surface area contributed by atoms with Gasteiger partial charge in [0, 0.05) is 11.3 Å². The first-order valence-corrected chi connectivity index (χ1v) is 10.7. The predicted octanol–water partition coefficient (Wildman–Crippen LogP) is 3.90. The standard InChI is InChI=1S/C26H21N5O3/c1-34-20-13-11-19(12-14-20)31-25-22(15-28-31)26(33)30(17-27-25)16-24(32)29-23-10-6-5-9-21(23)18-7-3-2-4-8-18/h2-15,17H,16H2,1H3,(H,29,32). The van der Waals surface area contributed by atoms with Gasteiger partial charge in [0.1, 0.15) is 24.0 Å². The van der Waals surface area contributed by atoms with Crippen molar-refractivity contribution in [3.8, 4) is 22.6 Å². The smallest absolute Gasteiger partial charge is 0.264 e. The third-order valence-electron chi connectivity index (χ3n) is 5.47. The molecule has 0 atom stereocenters. The molecule has 0 saturated carbocycles. The quantitative estimate of drug-likeness (QED) is 0.423. The maximum atomic E-state index is 13.0. The van der Waals surface area contributed by atoms with Crippen LogP contribution in [0.1, 0.15) is 0 Å². The predicted molar refractivity (Wildman–Crippen MR) is 130 cm³/mol. The summed E-state index contributed by atoms with van der Waals surface area (Å²) in [6, 6.07) is 24.6. The fraction of sp³-hybridized carbons (Fsp3) is 0.0769. The maximum Gasteiger partial charge on any atom is 0.264 e. The van der Waals surface area contributed by atoms with Gasteiger partial charge in [-0.2, -0.15) is 5.10 Å². The molecule has 0 saturated heterocycles. The number of nitrogens with one attached hydrogen (secondary N) is 1. The Bertz CT molecular complexity index is 1520. The highest BCUT2D eigenvalue weighted by Crippen LogP contribution is 2.27. The van der Waals surface area contributed by atoms with Crippen LogP contribution < -0.4 is 15.6 Å². The molecular weight excluding hydrogens is 430 g/mol. The number of aromatic nitrogens is 4. The van der Waals surface area contributed by atoms with Gasteiger partial charge in [-0.1, -0.05) is 48.5 Å². The van der Waals surface area contributed by atoms with E-state index in [2.05, 4.69) is 15.4 Å². The minimum absolute atomic E-state index is 0.168. The Morgan fingerprint density at radius 2 is 1.71 bits per heavy atom. The summed E-state index contributed by atoms with van der Waals surface area (Å²) in [6.07, 6.45) is 2.84. The summed E-state index contributed by atoms with van der Waals surface area (Å²) in [5.41, 5.74) is 3.39. The van der Waals surface area contributed by atoms with Crippen molar-refractivity contribution in [3.63, 3.8) is 0 Å². The number of para-hydroxylation sites is 1. The zero-order valence-electron chi connectivity index (χ0n) is 18.4. The van der Waals surface area contributed by atoms with Crippen LogP contribution in [0.4, 0.5) is 5.69 Å². The number of benzene rings is 3. The molecule has 5 rings (SSSR count). The van der Waals surface area contributed by atoms with E-state index in [0.29, 0.717) is 16.7 Å². The molecule has 1 amide bonds. The van der Waals surface area contributed by atoms with E-state index in [-0.39, 0.29) is 18.0 Å². The number of methoxy groups -OCH3 is 1. The maximum absolute atomic E-state index is 13.0. The van der Waals surface area contributed by atoms with Crippen molar-refractivity contribution in [2.45, 2.75) is 6.54 Å². The highest BCUT2D eigenvalue weighted by molar-refractivity contribution is 5.95. The van der Waals surface area contributed by atoms with Crippen molar-refractivity contribution in [3.05, 3.63) is 102 Å². The summed E-state index contributed by atoms with van der Waals surface area (Å²) in [5, 5.41) is 7.56. The lowest BCUT2D eigenvalue weighted by molar-refractivity contribution is -0.116. The molecule has 1 N–H and O–H groups in total. The zero-order valence-corrected chi connectivity index (χ0v) is 18.4. The second-order valence-electron chi connectivity index (χ2n) is 7.63. The number of hydrogen-bond acceptors (Lipinski definition) is 5. The Morgan fingerprint density at radius 1 is 0.971 bits per heavy atom. The minimum atomic E-state index is -0.337. The van der Waals surface area contributed by atoms with E-state index < -0.39 is 0 Å². The Morgan fingerprint density at radius 3 is 2.47 bits per heavy atom. The molecule has 8 nitrogen and oxygen atoms in total. The SMILES string of the molecule is COc1ccc(-n2ncc3c(=O)n(CC(=O)Nc4ccccc4-c4ccccc4)cnc32)cc1. The van der Waals surface area contributed by atoms with Gasteiger partial charge < -0.3 is 10.1 Å². The molecular formula is C26H21N5O3. The lowest BCUT2D eigenvalue weighted by Gasteiger charge is -2.12. The Hall–Kier alpha value is -4.72. The van der Waals surface area contributed by atoms with Gasteiger partial charge in [-0.15, -0.1) is 0 Å². The highest BCUT2D eigenvalue weighted by Gasteiger charge is 2.14. The van der Waals surface area contributed by atoms with E-state index in [1.807, 2.05) is 78.9 Å². The Balaban J connectivity index is 1.39. The van der Waals surface area contributed by atoms with Crippen molar-refractivity contribution in [2.24, 2.45) is 0 Å². The van der Waals surface area contributed by atoms with Gasteiger partial charge in [-0.25, -0.2) is 9.67 Å². The van der Waals surface area contributed by atoms with Crippen LogP contribution in [0, 0.1) is 0 Å². The number of carbonyl (C=O) groups excluding carboxylic acids is 1. The van der Waals surface area contributed by atoms with Crippen LogP contribution in [0.25, 0.3) is 27.8 Å². The van der Waals surface area contributed by atoms with Crippen LogP contribution in [0.15, 0.2) is 96.2 Å². The first-order chi connectivity index (χ1) is 16.6. The summed E-state index contributed by atoms with van der Waals surface area (Å²) < 4.78 is 8.04. The molecule has 8 heteroatoms. The Labute approximate surface area is 195 Å². The molecule has 0 spiro atoms. The van der Waals surface area contributed by atoms with Gasteiger partial charge in [0.15, 0.2) is 5.65 Å². The number of carbonyl (C=O) groups is 1. The molecule has 5 aromatic rings. The molecule has 0 aliphatic carbocycles. The number of rotatable bonds is 6. The fourth-order valence-corrected chi connectivity index (χ4v) is 3.78. The molecule has 0 aliphatic heterocycles. The normalized spacial score (nSPS) is 10.9. The summed E-state index contributed by atoms with van der Waals surface area (Å²) in [4.78, 5) is 30.2. The van der Waals surface area contributed by atoms with E-state index >= 15 is 0 Å². The van der Waals surface area contributed by atoms with Gasteiger partial charge in [-0.3, -0.25) is 14.2 Å². The average Bonchev–Trinajstić information content (AvgIpc) is 3.31. The van der Waals surface area contributed by atoms with Gasteiger partial charge in [0.05, 0.1) is 19.0 Å². The number of hydrogen-bond donors (Lipinski definition) is 1. The molecule has 168 valence electrons. The highest BCUT2D eigenvalue weighted by atomic mass is 16.5. The van der Waals surface area contributed by atoms with Crippen molar-refractivity contribution in [2.75, 3.05) is 12.4 Å². The van der Waals surface area contributed by atoms with Crippen molar-refractivity contribution < 1.29 is 9.53 Å². The van der Waals surface area contributed by atoms with Gasteiger partial charge >= 0.3 is 0 Å². The molecule has 0 radical (unpaired) electrons. The van der Waals surface area contributed by atoms with E-state index in [1.54, 1.807) is 11.8 Å². The van der Waals surface area contributed by atoms with E-state index in [4.69, 9.17) is 4.74 Å². The summed E-state index contributed by atoms with van der Waals surface area (Å²) in [6.45, 7) is -0.168. The number of ether oxygens (including phenoxy) is 1. The van der Waals surface area contributed by atoms with Gasteiger partial charge in [-0.05, 0) is 35.9 Å². The van der Waals surface area contributed by atoms with Crippen LogP contribution in [0.3, 0.4) is 0 Å². The van der Waals surface area contributed by atoms with E-state index in [0.717, 1.165) is 22.6 Å². The van der Waals surface area contributed by atoms with Crippen molar-refractivity contribution >= 4 is 22.6 Å². The molecule has 3 aromatic carbocycles. The first kappa shape index (κ1) is 21.1. The lowest BCUT2D eigenvalue weighted by atomic mass is 10.0. The average molecular weight is 451 g/mol. The largest absolute Gasteiger partial charge is 0.497 e. The second-order valence-corrected chi connectivity index (χ2v) is 7.63. The third-order valence-corrected chi connectivity index (χ3v) is 5.47. The Kier molecular flexibility index (Phi) is 5.61. The van der Waals surface area contributed by atoms with Crippen molar-refractivity contribution in [1.29, 1.82) is 0 Å². The monoisotopic (exact) mass is 451 g/mol. The molecule has 0 fully saturated rings. The number of anilines is 1. The van der Waals surface area contributed by atoms with E-state index in [1.165, 1.54) is 17.1 Å². The molecule has 2 heterocycles.